The molecule has 0 radical (unpaired) electrons. The number of aromatic nitrogens is 2. The number of carbonyl (C=O) groups excluding carboxylic acids is 1. The zero-order chi connectivity index (χ0) is 19.4. The molecule has 1 spiro atoms. The summed E-state index contributed by atoms with van der Waals surface area (Å²) in [5.41, 5.74) is 1.80. The van der Waals surface area contributed by atoms with Gasteiger partial charge in [0.2, 0.25) is 0 Å². The van der Waals surface area contributed by atoms with Gasteiger partial charge in [-0.3, -0.25) is 9.48 Å². The highest BCUT2D eigenvalue weighted by atomic mass is 16.3. The van der Waals surface area contributed by atoms with Gasteiger partial charge in [0.15, 0.2) is 0 Å². The van der Waals surface area contributed by atoms with Gasteiger partial charge in [0.1, 0.15) is 5.69 Å². The number of rotatable bonds is 5. The monoisotopic (exact) mass is 374 g/mol. The first-order chi connectivity index (χ1) is 12.9. The van der Waals surface area contributed by atoms with E-state index >= 15 is 0 Å². The van der Waals surface area contributed by atoms with E-state index in [0.29, 0.717) is 18.8 Å². The molecule has 27 heavy (non-hydrogen) atoms. The van der Waals surface area contributed by atoms with Crippen molar-refractivity contribution in [1.82, 2.24) is 19.6 Å². The van der Waals surface area contributed by atoms with Gasteiger partial charge in [0.25, 0.3) is 5.91 Å². The van der Waals surface area contributed by atoms with Crippen molar-refractivity contribution in [2.45, 2.75) is 59.1 Å². The maximum atomic E-state index is 13.1. The van der Waals surface area contributed by atoms with Gasteiger partial charge in [-0.1, -0.05) is 11.6 Å². The highest BCUT2D eigenvalue weighted by Crippen LogP contribution is 2.39. The fourth-order valence-electron chi connectivity index (χ4n) is 4.63. The topological polar surface area (TPSA) is 61.6 Å². The third-order valence-electron chi connectivity index (χ3n) is 6.09. The molecule has 6 heteroatoms. The van der Waals surface area contributed by atoms with E-state index in [0.717, 1.165) is 51.9 Å². The number of nitrogens with zero attached hydrogens (tertiary/aromatic N) is 4. The van der Waals surface area contributed by atoms with Gasteiger partial charge in [-0.2, -0.15) is 5.10 Å². The first-order valence-corrected chi connectivity index (χ1v) is 10.3. The summed E-state index contributed by atoms with van der Waals surface area (Å²) in [6.07, 6.45) is 7.42. The molecule has 1 N–H and O–H groups in total. The highest BCUT2D eigenvalue weighted by molar-refractivity contribution is 5.92. The molecule has 1 aromatic heterocycles. The summed E-state index contributed by atoms with van der Waals surface area (Å²) in [6, 6.07) is 1.80. The molecule has 2 saturated heterocycles. The zero-order valence-electron chi connectivity index (χ0n) is 17.0. The van der Waals surface area contributed by atoms with Crippen molar-refractivity contribution in [3.05, 3.63) is 29.6 Å². The van der Waals surface area contributed by atoms with Crippen LogP contribution in [0.25, 0.3) is 0 Å². The van der Waals surface area contributed by atoms with Crippen molar-refractivity contribution in [2.75, 3.05) is 32.7 Å². The van der Waals surface area contributed by atoms with Crippen LogP contribution in [0.1, 0.15) is 56.9 Å². The predicted molar refractivity (Wildman–Crippen MR) is 107 cm³/mol. The second kappa shape index (κ2) is 8.57. The predicted octanol–water partition coefficient (Wildman–Crippen LogP) is 2.55. The van der Waals surface area contributed by atoms with Crippen molar-refractivity contribution in [3.8, 4) is 0 Å². The molecule has 2 fully saturated rings. The molecule has 1 amide bonds. The maximum absolute atomic E-state index is 13.1. The molecule has 3 rings (SSSR count). The lowest BCUT2D eigenvalue weighted by molar-refractivity contribution is -0.0783. The molecular weight excluding hydrogens is 340 g/mol. The van der Waals surface area contributed by atoms with E-state index in [4.69, 9.17) is 0 Å². The van der Waals surface area contributed by atoms with Crippen LogP contribution in [0.4, 0.5) is 0 Å². The molecule has 0 aromatic carbocycles. The van der Waals surface area contributed by atoms with E-state index in [1.165, 1.54) is 5.57 Å². The zero-order valence-corrected chi connectivity index (χ0v) is 17.0. The van der Waals surface area contributed by atoms with Gasteiger partial charge in [0, 0.05) is 50.9 Å². The number of allylic oxidation sites excluding steroid dienone is 1. The molecule has 6 nitrogen and oxygen atoms in total. The molecular formula is C21H34N4O2. The minimum atomic E-state index is -0.330. The Hall–Kier alpha value is -1.66. The van der Waals surface area contributed by atoms with Crippen molar-refractivity contribution >= 4 is 5.91 Å². The van der Waals surface area contributed by atoms with Crippen LogP contribution >= 0.6 is 0 Å². The lowest BCUT2D eigenvalue weighted by Gasteiger charge is -2.51. The van der Waals surface area contributed by atoms with Crippen LogP contribution in [0, 0.1) is 5.41 Å². The minimum Gasteiger partial charge on any atom is -0.392 e. The van der Waals surface area contributed by atoms with Crippen LogP contribution in [0.5, 0.6) is 0 Å². The van der Waals surface area contributed by atoms with Crippen molar-refractivity contribution in [3.63, 3.8) is 0 Å². The average molecular weight is 375 g/mol. The summed E-state index contributed by atoms with van der Waals surface area (Å²) in [5, 5.41) is 15.1. The SMILES string of the molecule is CCn1nccc1C(=O)N1CCC[C@@]2(CN(CCC=C(C)C)CC[C@H]2O)C1. The Morgan fingerprint density at radius 1 is 1.37 bits per heavy atom. The van der Waals surface area contributed by atoms with Crippen molar-refractivity contribution < 1.29 is 9.90 Å². The Morgan fingerprint density at radius 3 is 2.93 bits per heavy atom. The third-order valence-corrected chi connectivity index (χ3v) is 6.09. The van der Waals surface area contributed by atoms with Crippen LogP contribution < -0.4 is 0 Å². The summed E-state index contributed by atoms with van der Waals surface area (Å²) in [6.45, 7) is 11.2. The van der Waals surface area contributed by atoms with Gasteiger partial charge in [-0.05, 0) is 52.5 Å². The molecule has 0 bridgehead atoms. The summed E-state index contributed by atoms with van der Waals surface area (Å²) in [5.74, 6) is 0.0438. The van der Waals surface area contributed by atoms with Crippen LogP contribution in [-0.4, -0.2) is 69.4 Å². The van der Waals surface area contributed by atoms with E-state index in [2.05, 4.69) is 29.9 Å². The van der Waals surface area contributed by atoms with E-state index in [1.807, 2.05) is 11.8 Å². The standard InChI is InChI=1S/C21H34N4O2/c1-4-25-18(8-11-22-25)20(27)24-13-6-10-21(16-24)15-23(14-9-19(21)26)12-5-7-17(2)3/h7-8,11,19,26H,4-6,9-10,12-16H2,1-3H3/t19-,21-/m1/s1. The van der Waals surface area contributed by atoms with E-state index in [1.54, 1.807) is 16.9 Å². The van der Waals surface area contributed by atoms with Gasteiger partial charge in [-0.25, -0.2) is 0 Å². The number of aryl methyl sites for hydroxylation is 1. The summed E-state index contributed by atoms with van der Waals surface area (Å²) >= 11 is 0. The third kappa shape index (κ3) is 4.43. The van der Waals surface area contributed by atoms with E-state index in [-0.39, 0.29) is 17.4 Å². The molecule has 2 atom stereocenters. The smallest absolute Gasteiger partial charge is 0.272 e. The molecule has 0 aliphatic carbocycles. The largest absolute Gasteiger partial charge is 0.392 e. The summed E-state index contributed by atoms with van der Waals surface area (Å²) < 4.78 is 1.76. The molecule has 1 aromatic rings. The Kier molecular flexibility index (Phi) is 6.37. The molecule has 2 aliphatic heterocycles. The number of carbonyl (C=O) groups is 1. The van der Waals surface area contributed by atoms with Crippen LogP contribution in [-0.2, 0) is 6.54 Å². The van der Waals surface area contributed by atoms with E-state index in [9.17, 15) is 9.90 Å². The summed E-state index contributed by atoms with van der Waals surface area (Å²) in [4.78, 5) is 17.5. The van der Waals surface area contributed by atoms with Gasteiger partial charge in [-0.15, -0.1) is 0 Å². The van der Waals surface area contributed by atoms with Gasteiger partial charge < -0.3 is 14.9 Å². The quantitative estimate of drug-likeness (QED) is 0.805. The Labute approximate surface area is 162 Å². The Balaban J connectivity index is 1.70. The number of likely N-dealkylation sites (tertiary alicyclic amines) is 2. The second-order valence-corrected chi connectivity index (χ2v) is 8.38. The lowest BCUT2D eigenvalue weighted by Crippen LogP contribution is -2.59. The molecule has 150 valence electrons. The van der Waals surface area contributed by atoms with Crippen molar-refractivity contribution in [1.29, 1.82) is 0 Å². The van der Waals surface area contributed by atoms with Gasteiger partial charge in [0.05, 0.1) is 6.10 Å². The van der Waals surface area contributed by atoms with Crippen molar-refractivity contribution in [2.24, 2.45) is 5.41 Å². The minimum absolute atomic E-state index is 0.0438. The number of hydrogen-bond donors (Lipinski definition) is 1. The number of aliphatic hydroxyl groups excluding tert-OH is 1. The molecule has 0 saturated carbocycles. The van der Waals surface area contributed by atoms with Crippen LogP contribution in [0.3, 0.4) is 0 Å². The molecule has 2 aliphatic rings. The number of hydrogen-bond acceptors (Lipinski definition) is 4. The number of amides is 1. The number of piperidine rings is 2. The second-order valence-electron chi connectivity index (χ2n) is 8.38. The average Bonchev–Trinajstić information content (AvgIpc) is 3.13. The normalized spacial score (nSPS) is 26.4. The fourth-order valence-corrected chi connectivity index (χ4v) is 4.63. The molecule has 0 unspecified atom stereocenters. The number of aliphatic hydroxyl groups is 1. The first kappa shape index (κ1) is 20.1. The summed E-state index contributed by atoms with van der Waals surface area (Å²) in [7, 11) is 0. The maximum Gasteiger partial charge on any atom is 0.272 e. The Bertz CT molecular complexity index is 679. The van der Waals surface area contributed by atoms with Crippen LogP contribution in [0.2, 0.25) is 0 Å². The first-order valence-electron chi connectivity index (χ1n) is 10.3. The molecule has 3 heterocycles. The van der Waals surface area contributed by atoms with Crippen LogP contribution in [0.15, 0.2) is 23.9 Å². The Morgan fingerprint density at radius 2 is 2.19 bits per heavy atom. The van der Waals surface area contributed by atoms with E-state index < -0.39 is 0 Å². The van der Waals surface area contributed by atoms with Gasteiger partial charge >= 0.3 is 0 Å². The highest BCUT2D eigenvalue weighted by Gasteiger charge is 2.46. The lowest BCUT2D eigenvalue weighted by atomic mass is 9.71. The fraction of sp³-hybridized carbons (Fsp3) is 0.714.